The Morgan fingerprint density at radius 3 is 2.25 bits per heavy atom. The molecule has 0 saturated heterocycles. The minimum absolute atomic E-state index is 0.0210. The highest BCUT2D eigenvalue weighted by atomic mass is 32.2. The molecule has 9 nitrogen and oxygen atoms in total. The van der Waals surface area contributed by atoms with Gasteiger partial charge in [0.05, 0.1) is 35.9 Å². The van der Waals surface area contributed by atoms with E-state index in [1.54, 1.807) is 6.92 Å². The molecule has 1 saturated carbocycles. The fourth-order valence-corrected chi connectivity index (χ4v) is 6.47. The summed E-state index contributed by atoms with van der Waals surface area (Å²) in [6.07, 6.45) is 5.92. The van der Waals surface area contributed by atoms with E-state index in [1.807, 2.05) is 0 Å². The second-order valence-electron chi connectivity index (χ2n) is 8.11. The van der Waals surface area contributed by atoms with Crippen LogP contribution in [0.25, 0.3) is 10.9 Å². The molecular formula is C21H28N2O7S2. The van der Waals surface area contributed by atoms with Gasteiger partial charge in [0.25, 0.3) is 0 Å². The number of sulfonamides is 1. The number of nitrogens with zero attached hydrogens (tertiary/aromatic N) is 2. The largest absolute Gasteiger partial charge is 0.462 e. The maximum atomic E-state index is 13.2. The third-order valence-corrected chi connectivity index (χ3v) is 7.85. The van der Waals surface area contributed by atoms with Gasteiger partial charge in [0, 0.05) is 17.0 Å². The molecule has 176 valence electrons. The van der Waals surface area contributed by atoms with Gasteiger partial charge in [0.1, 0.15) is 0 Å². The maximum Gasteiger partial charge on any atom is 0.340 e. The quantitative estimate of drug-likeness (QED) is 0.578. The predicted molar refractivity (Wildman–Crippen MR) is 122 cm³/mol. The Hall–Kier alpha value is -2.40. The van der Waals surface area contributed by atoms with Crippen molar-refractivity contribution < 1.29 is 31.2 Å². The van der Waals surface area contributed by atoms with Crippen molar-refractivity contribution in [1.82, 2.24) is 3.97 Å². The fourth-order valence-electron chi connectivity index (χ4n) is 4.39. The molecule has 1 aromatic carbocycles. The van der Waals surface area contributed by atoms with Gasteiger partial charge in [-0.15, -0.1) is 0 Å². The highest BCUT2D eigenvalue weighted by Crippen LogP contribution is 2.34. The van der Waals surface area contributed by atoms with Crippen LogP contribution >= 0.6 is 0 Å². The molecule has 0 spiro atoms. The Labute approximate surface area is 188 Å². The summed E-state index contributed by atoms with van der Waals surface area (Å²) in [4.78, 5) is 25.8. The summed E-state index contributed by atoms with van der Waals surface area (Å²) >= 11 is 0. The number of aromatic nitrogens is 1. The second-order valence-corrected chi connectivity index (χ2v) is 11.8. The molecule has 1 heterocycles. The maximum absolute atomic E-state index is 13.2. The monoisotopic (exact) mass is 484 g/mol. The molecule has 0 bridgehead atoms. The Bertz CT molecular complexity index is 1270. The summed E-state index contributed by atoms with van der Waals surface area (Å²) in [6.45, 7) is 3.19. The van der Waals surface area contributed by atoms with Gasteiger partial charge in [-0.1, -0.05) is 19.3 Å². The van der Waals surface area contributed by atoms with Gasteiger partial charge in [0.15, 0.2) is 0 Å². The molecule has 1 aliphatic carbocycles. The summed E-state index contributed by atoms with van der Waals surface area (Å²) < 4.78 is 56.9. The normalized spacial score (nSPS) is 15.6. The molecule has 1 aromatic heterocycles. The Morgan fingerprint density at radius 1 is 1.09 bits per heavy atom. The molecule has 11 heteroatoms. The minimum atomic E-state index is -3.97. The van der Waals surface area contributed by atoms with Gasteiger partial charge in [-0.3, -0.25) is 4.79 Å². The lowest BCUT2D eigenvalue weighted by Crippen LogP contribution is -2.41. The van der Waals surface area contributed by atoms with E-state index in [2.05, 4.69) is 0 Å². The van der Waals surface area contributed by atoms with Crippen molar-refractivity contribution in [3.05, 3.63) is 29.5 Å². The van der Waals surface area contributed by atoms with Crippen molar-refractivity contribution >= 4 is 48.5 Å². The number of ether oxygens (including phenoxy) is 1. The lowest BCUT2D eigenvalue weighted by molar-refractivity contribution is -0.122. The number of carbonyl (C=O) groups is 2. The van der Waals surface area contributed by atoms with Crippen molar-refractivity contribution in [3.8, 4) is 0 Å². The lowest BCUT2D eigenvalue weighted by atomic mass is 9.88. The molecule has 0 N–H and O–H groups in total. The van der Waals surface area contributed by atoms with Gasteiger partial charge < -0.3 is 4.74 Å². The van der Waals surface area contributed by atoms with Crippen LogP contribution in [0.4, 0.5) is 5.69 Å². The number of rotatable bonds is 6. The second kappa shape index (κ2) is 8.86. The van der Waals surface area contributed by atoms with Crippen LogP contribution in [0.5, 0.6) is 0 Å². The van der Waals surface area contributed by atoms with E-state index < -0.39 is 37.8 Å². The molecule has 2 aromatic rings. The SMILES string of the molecule is CCOC(=O)c1c(C)n(S(C)(=O)=O)c2ccc(N(C(=O)C3CCCCC3)S(C)(=O)=O)cc12. The number of hydrogen-bond acceptors (Lipinski definition) is 7. The Balaban J connectivity index is 2.25. The van der Waals surface area contributed by atoms with Crippen molar-refractivity contribution in [2.24, 2.45) is 5.92 Å². The number of anilines is 1. The molecule has 1 fully saturated rings. The van der Waals surface area contributed by atoms with E-state index in [4.69, 9.17) is 4.74 Å². The number of benzene rings is 1. The number of amides is 1. The number of esters is 1. The first-order valence-electron chi connectivity index (χ1n) is 10.4. The van der Waals surface area contributed by atoms with Gasteiger partial charge in [-0.2, -0.15) is 0 Å². The van der Waals surface area contributed by atoms with Crippen LogP contribution < -0.4 is 4.31 Å². The van der Waals surface area contributed by atoms with Crippen molar-refractivity contribution in [2.45, 2.75) is 46.0 Å². The number of fused-ring (bicyclic) bond motifs is 1. The third-order valence-electron chi connectivity index (χ3n) is 5.67. The minimum Gasteiger partial charge on any atom is -0.462 e. The molecule has 1 aliphatic rings. The summed E-state index contributed by atoms with van der Waals surface area (Å²) in [5.74, 6) is -1.64. The van der Waals surface area contributed by atoms with E-state index in [1.165, 1.54) is 25.1 Å². The Kier molecular flexibility index (Phi) is 6.71. The average molecular weight is 485 g/mol. The first-order valence-corrected chi connectivity index (χ1v) is 14.1. The molecule has 32 heavy (non-hydrogen) atoms. The van der Waals surface area contributed by atoms with Crippen molar-refractivity contribution in [3.63, 3.8) is 0 Å². The van der Waals surface area contributed by atoms with Gasteiger partial charge in [0.2, 0.25) is 26.0 Å². The average Bonchev–Trinajstić information content (AvgIpc) is 2.99. The predicted octanol–water partition coefficient (Wildman–Crippen LogP) is 2.81. The van der Waals surface area contributed by atoms with E-state index in [-0.39, 0.29) is 34.5 Å². The third kappa shape index (κ3) is 4.54. The highest BCUT2D eigenvalue weighted by molar-refractivity contribution is 7.92. The van der Waals surface area contributed by atoms with Gasteiger partial charge >= 0.3 is 5.97 Å². The molecule has 0 unspecified atom stereocenters. The molecule has 1 amide bonds. The van der Waals surface area contributed by atoms with Gasteiger partial charge in [-0.05, 0) is 44.9 Å². The molecule has 0 radical (unpaired) electrons. The van der Waals surface area contributed by atoms with E-state index >= 15 is 0 Å². The smallest absolute Gasteiger partial charge is 0.340 e. The number of carbonyl (C=O) groups excluding carboxylic acids is 2. The topological polar surface area (TPSA) is 120 Å². The molecular weight excluding hydrogens is 456 g/mol. The van der Waals surface area contributed by atoms with Crippen LogP contribution in [-0.4, -0.2) is 51.8 Å². The number of hydrogen-bond donors (Lipinski definition) is 0. The first-order chi connectivity index (χ1) is 14.9. The molecule has 3 rings (SSSR count). The summed E-state index contributed by atoms with van der Waals surface area (Å²) in [7, 11) is -7.74. The zero-order chi connectivity index (χ0) is 23.8. The van der Waals surface area contributed by atoms with Crippen LogP contribution in [0.1, 0.15) is 55.1 Å². The van der Waals surface area contributed by atoms with E-state index in [0.717, 1.165) is 40.1 Å². The van der Waals surface area contributed by atoms with Gasteiger partial charge in [-0.25, -0.2) is 29.9 Å². The van der Waals surface area contributed by atoms with E-state index in [9.17, 15) is 26.4 Å². The Morgan fingerprint density at radius 2 is 1.72 bits per heavy atom. The van der Waals surface area contributed by atoms with E-state index in [0.29, 0.717) is 12.8 Å². The van der Waals surface area contributed by atoms with Crippen LogP contribution in [0.2, 0.25) is 0 Å². The first kappa shape index (κ1) is 24.2. The highest BCUT2D eigenvalue weighted by Gasteiger charge is 2.34. The fraction of sp³-hybridized carbons (Fsp3) is 0.524. The van der Waals surface area contributed by atoms with Crippen LogP contribution in [0.15, 0.2) is 18.2 Å². The summed E-state index contributed by atoms with van der Waals surface area (Å²) in [5, 5.41) is 0.203. The standard InChI is InChI=1S/C21H28N2O7S2/c1-5-30-21(25)19-14(2)22(31(3,26)27)18-12-11-16(13-17(18)19)23(32(4,28)29)20(24)15-9-7-6-8-10-15/h11-13,15H,5-10H2,1-4H3. The van der Waals surface area contributed by atoms with Crippen LogP contribution in [0, 0.1) is 12.8 Å². The summed E-state index contributed by atoms with van der Waals surface area (Å²) in [5.41, 5.74) is 0.442. The van der Waals surface area contributed by atoms with Crippen LogP contribution in [-0.2, 0) is 29.6 Å². The van der Waals surface area contributed by atoms with Crippen molar-refractivity contribution in [1.29, 1.82) is 0 Å². The van der Waals surface area contributed by atoms with Crippen LogP contribution in [0.3, 0.4) is 0 Å². The van der Waals surface area contributed by atoms with Crippen molar-refractivity contribution in [2.75, 3.05) is 23.4 Å². The zero-order valence-electron chi connectivity index (χ0n) is 18.6. The molecule has 0 aliphatic heterocycles. The zero-order valence-corrected chi connectivity index (χ0v) is 20.3. The summed E-state index contributed by atoms with van der Waals surface area (Å²) in [6, 6.07) is 4.17. The lowest BCUT2D eigenvalue weighted by Gasteiger charge is -2.27. The molecule has 0 atom stereocenters.